The summed E-state index contributed by atoms with van der Waals surface area (Å²) < 4.78 is 39.5. The van der Waals surface area contributed by atoms with Crippen LogP contribution in [-0.2, 0) is 6.18 Å². The Morgan fingerprint density at radius 2 is 1.95 bits per heavy atom. The third-order valence-corrected chi connectivity index (χ3v) is 4.39. The van der Waals surface area contributed by atoms with Gasteiger partial charge >= 0.3 is 6.18 Å². The molecular formula is C17H19F3N2. The summed E-state index contributed by atoms with van der Waals surface area (Å²) in [5, 5.41) is 0.629. The van der Waals surface area contributed by atoms with E-state index in [1.54, 1.807) is 18.2 Å². The first kappa shape index (κ1) is 15.3. The number of pyridine rings is 1. The number of rotatable bonds is 1. The van der Waals surface area contributed by atoms with E-state index in [4.69, 9.17) is 0 Å². The smallest absolute Gasteiger partial charge is 0.305 e. The van der Waals surface area contributed by atoms with E-state index in [9.17, 15) is 13.2 Å². The number of nitrogens with zero attached hydrogens (tertiary/aromatic N) is 2. The van der Waals surface area contributed by atoms with Gasteiger partial charge in [-0.3, -0.25) is 4.98 Å². The lowest BCUT2D eigenvalue weighted by Gasteiger charge is -2.34. The number of aromatic nitrogens is 1. The number of hydrogen-bond acceptors (Lipinski definition) is 2. The first-order chi connectivity index (χ1) is 10.4. The van der Waals surface area contributed by atoms with Crippen molar-refractivity contribution in [2.24, 2.45) is 5.92 Å². The third-order valence-electron chi connectivity index (χ3n) is 4.39. The summed E-state index contributed by atoms with van der Waals surface area (Å²) in [5.74, 6) is 0.792. The van der Waals surface area contributed by atoms with Crippen molar-refractivity contribution in [1.29, 1.82) is 0 Å². The van der Waals surface area contributed by atoms with E-state index in [-0.39, 0.29) is 11.4 Å². The van der Waals surface area contributed by atoms with Gasteiger partial charge in [-0.05, 0) is 43.0 Å². The highest BCUT2D eigenvalue weighted by atomic mass is 19.4. The van der Waals surface area contributed by atoms with Crippen molar-refractivity contribution < 1.29 is 13.2 Å². The van der Waals surface area contributed by atoms with Crippen LogP contribution in [0.1, 0.15) is 30.4 Å². The van der Waals surface area contributed by atoms with Crippen molar-refractivity contribution in [1.82, 2.24) is 9.88 Å². The van der Waals surface area contributed by atoms with Crippen molar-refractivity contribution in [3.8, 4) is 0 Å². The van der Waals surface area contributed by atoms with Gasteiger partial charge < -0.3 is 4.90 Å². The van der Waals surface area contributed by atoms with E-state index < -0.39 is 11.7 Å². The maximum Gasteiger partial charge on any atom is 0.418 e. The summed E-state index contributed by atoms with van der Waals surface area (Å²) >= 11 is 0. The average Bonchev–Trinajstić information content (AvgIpc) is 2.44. The van der Waals surface area contributed by atoms with Crippen LogP contribution in [0.3, 0.4) is 0 Å². The number of likely N-dealkylation sites (tertiary alicyclic amines) is 1. The number of likely N-dealkylation sites (N-methyl/N-ethyl adjacent to an activating group) is 1. The molecular weight excluding hydrogens is 289 g/mol. The summed E-state index contributed by atoms with van der Waals surface area (Å²) in [6.45, 7) is 4.10. The molecule has 0 N–H and O–H groups in total. The van der Waals surface area contributed by atoms with Gasteiger partial charge in [0, 0.05) is 24.7 Å². The fourth-order valence-electron chi connectivity index (χ4n) is 3.62. The van der Waals surface area contributed by atoms with Crippen LogP contribution in [-0.4, -0.2) is 30.0 Å². The van der Waals surface area contributed by atoms with Gasteiger partial charge in [-0.1, -0.05) is 19.1 Å². The van der Waals surface area contributed by atoms with Crippen molar-refractivity contribution >= 4 is 10.9 Å². The van der Waals surface area contributed by atoms with Crippen LogP contribution in [0.25, 0.3) is 10.9 Å². The van der Waals surface area contributed by atoms with E-state index >= 15 is 0 Å². The van der Waals surface area contributed by atoms with E-state index in [2.05, 4.69) is 23.9 Å². The van der Waals surface area contributed by atoms with Gasteiger partial charge in [0.25, 0.3) is 0 Å². The van der Waals surface area contributed by atoms with E-state index in [1.165, 1.54) is 12.3 Å². The number of fused-ring (bicyclic) bond motifs is 1. The minimum atomic E-state index is -4.37. The number of halogens is 3. The van der Waals surface area contributed by atoms with Crippen molar-refractivity contribution in [3.63, 3.8) is 0 Å². The average molecular weight is 308 g/mol. The maximum absolute atomic E-state index is 13.2. The fourth-order valence-corrected chi connectivity index (χ4v) is 3.62. The second-order valence-electron chi connectivity index (χ2n) is 6.36. The highest BCUT2D eigenvalue weighted by Crippen LogP contribution is 2.39. The summed E-state index contributed by atoms with van der Waals surface area (Å²) in [6, 6.07) is 6.29. The van der Waals surface area contributed by atoms with Crippen LogP contribution in [0.15, 0.2) is 30.5 Å². The number of alkyl halides is 3. The van der Waals surface area contributed by atoms with Crippen LogP contribution < -0.4 is 0 Å². The Hall–Kier alpha value is -1.62. The van der Waals surface area contributed by atoms with Gasteiger partial charge in [0.1, 0.15) is 0 Å². The zero-order valence-corrected chi connectivity index (χ0v) is 12.7. The molecule has 3 rings (SSSR count). The zero-order valence-electron chi connectivity index (χ0n) is 12.7. The predicted octanol–water partition coefficient (Wildman–Crippen LogP) is 4.31. The van der Waals surface area contributed by atoms with E-state index in [0.29, 0.717) is 11.3 Å². The Morgan fingerprint density at radius 1 is 1.18 bits per heavy atom. The van der Waals surface area contributed by atoms with Gasteiger partial charge in [0.2, 0.25) is 0 Å². The summed E-state index contributed by atoms with van der Waals surface area (Å²) in [5.41, 5.74) is 0.395. The topological polar surface area (TPSA) is 16.1 Å². The normalized spacial score (nSPS) is 23.9. The second kappa shape index (κ2) is 5.54. The molecule has 0 spiro atoms. The lowest BCUT2D eigenvalue weighted by Crippen LogP contribution is -2.35. The molecule has 22 heavy (non-hydrogen) atoms. The lowest BCUT2D eigenvalue weighted by atomic mass is 9.83. The molecule has 1 aliphatic rings. The molecule has 0 saturated carbocycles. The molecule has 0 unspecified atom stereocenters. The molecule has 1 aliphatic heterocycles. The first-order valence-electron chi connectivity index (χ1n) is 7.49. The van der Waals surface area contributed by atoms with Crippen molar-refractivity contribution in [3.05, 3.63) is 41.6 Å². The van der Waals surface area contributed by atoms with Gasteiger partial charge in [-0.15, -0.1) is 0 Å². The first-order valence-corrected chi connectivity index (χ1v) is 7.49. The van der Waals surface area contributed by atoms with Crippen LogP contribution in [0.4, 0.5) is 13.2 Å². The highest BCUT2D eigenvalue weighted by molar-refractivity contribution is 5.86. The van der Waals surface area contributed by atoms with E-state index in [0.717, 1.165) is 25.1 Å². The minimum Gasteiger partial charge on any atom is -0.305 e. The van der Waals surface area contributed by atoms with Crippen LogP contribution >= 0.6 is 0 Å². The molecule has 2 aromatic rings. The Labute approximate surface area is 128 Å². The summed E-state index contributed by atoms with van der Waals surface area (Å²) in [7, 11) is 2.06. The van der Waals surface area contributed by atoms with Gasteiger partial charge in [-0.2, -0.15) is 13.2 Å². The largest absolute Gasteiger partial charge is 0.418 e. The number of benzene rings is 1. The molecule has 2 atom stereocenters. The molecule has 2 heterocycles. The van der Waals surface area contributed by atoms with Gasteiger partial charge in [0.15, 0.2) is 0 Å². The van der Waals surface area contributed by atoms with E-state index in [1.807, 2.05) is 0 Å². The van der Waals surface area contributed by atoms with Gasteiger partial charge in [-0.25, -0.2) is 0 Å². The fraction of sp³-hybridized carbons (Fsp3) is 0.471. The Bertz CT molecular complexity index is 671. The molecule has 0 amide bonds. The second-order valence-corrected chi connectivity index (χ2v) is 6.36. The molecule has 0 aliphatic carbocycles. The molecule has 1 fully saturated rings. The molecule has 0 bridgehead atoms. The van der Waals surface area contributed by atoms with Crippen molar-refractivity contribution in [2.75, 3.05) is 20.1 Å². The maximum atomic E-state index is 13.2. The number of hydrogen-bond donors (Lipinski definition) is 0. The SMILES string of the molecule is C[C@@H]1C[C@H](c2ccc(C(F)(F)F)c3ncccc23)CN(C)C1. The van der Waals surface area contributed by atoms with Crippen LogP contribution in [0.2, 0.25) is 0 Å². The Balaban J connectivity index is 2.12. The summed E-state index contributed by atoms with van der Waals surface area (Å²) in [6.07, 6.45) is -1.95. The Morgan fingerprint density at radius 3 is 2.64 bits per heavy atom. The summed E-state index contributed by atoms with van der Waals surface area (Å²) in [4.78, 5) is 6.26. The molecule has 1 aromatic heterocycles. The molecule has 2 nitrogen and oxygen atoms in total. The Kier molecular flexibility index (Phi) is 3.85. The molecule has 5 heteroatoms. The van der Waals surface area contributed by atoms with Gasteiger partial charge in [0.05, 0.1) is 11.1 Å². The van der Waals surface area contributed by atoms with Crippen LogP contribution in [0.5, 0.6) is 0 Å². The molecule has 118 valence electrons. The predicted molar refractivity (Wildman–Crippen MR) is 80.8 cm³/mol. The molecule has 0 radical (unpaired) electrons. The molecule has 1 aromatic carbocycles. The minimum absolute atomic E-state index is 0.0633. The van der Waals surface area contributed by atoms with Crippen LogP contribution in [0, 0.1) is 5.92 Å². The van der Waals surface area contributed by atoms with Crippen molar-refractivity contribution in [2.45, 2.75) is 25.4 Å². The lowest BCUT2D eigenvalue weighted by molar-refractivity contribution is -0.136. The molecule has 1 saturated heterocycles. The number of piperidine rings is 1. The third kappa shape index (κ3) is 2.82. The zero-order chi connectivity index (χ0) is 15.9. The monoisotopic (exact) mass is 308 g/mol. The standard InChI is InChI=1S/C17H19F3N2/c1-11-8-12(10-22(2)9-11)13-5-6-15(17(18,19)20)16-14(13)4-3-7-21-16/h3-7,11-12H,8-10H2,1-2H3/t11-,12+/m1/s1. The quantitative estimate of drug-likeness (QED) is 0.780. The highest BCUT2D eigenvalue weighted by Gasteiger charge is 2.34.